The maximum absolute atomic E-state index is 6.15. The van der Waals surface area contributed by atoms with Crippen LogP contribution in [0.4, 0.5) is 0 Å². The van der Waals surface area contributed by atoms with Crippen LogP contribution in [0.3, 0.4) is 0 Å². The Balaban J connectivity index is 2.84. The van der Waals surface area contributed by atoms with E-state index in [-0.39, 0.29) is 0 Å². The van der Waals surface area contributed by atoms with Crippen LogP contribution in [-0.4, -0.2) is 12.1 Å². The summed E-state index contributed by atoms with van der Waals surface area (Å²) in [5.41, 5.74) is 0. The third-order valence-corrected chi connectivity index (χ3v) is 3.26. The van der Waals surface area contributed by atoms with Crippen molar-refractivity contribution in [2.45, 2.75) is 0 Å². The number of hydrogen-bond acceptors (Lipinski definition) is 2. The van der Waals surface area contributed by atoms with E-state index in [0.717, 1.165) is 14.3 Å². The van der Waals surface area contributed by atoms with Crippen LogP contribution in [0.1, 0.15) is 0 Å². The van der Waals surface area contributed by atoms with Gasteiger partial charge in [-0.15, -0.1) is 0 Å². The predicted molar refractivity (Wildman–Crippen MR) is 66.0 cm³/mol. The van der Waals surface area contributed by atoms with Gasteiger partial charge in [-0.3, -0.25) is 4.98 Å². The van der Waals surface area contributed by atoms with E-state index in [2.05, 4.69) is 27.6 Å². The molecule has 0 radical (unpaired) electrons. The fraction of sp³-hybridized carbons (Fsp3) is 0.100. The smallest absolute Gasteiger partial charge is 0.138 e. The SMILES string of the molecule is COc1ccc2c(I)cncc2c1Cl. The molecule has 0 aliphatic rings. The standard InChI is InChI=1S/C10H7ClINO/c1-14-9-3-2-6-7(10(9)11)4-13-5-8(6)12/h2-5H,1H3. The molecule has 0 spiro atoms. The number of nitrogens with zero attached hydrogens (tertiary/aromatic N) is 1. The van der Waals surface area contributed by atoms with E-state index in [1.165, 1.54) is 0 Å². The molecule has 2 aromatic rings. The van der Waals surface area contributed by atoms with Gasteiger partial charge >= 0.3 is 0 Å². The molecule has 1 aromatic heterocycles. The fourth-order valence-electron chi connectivity index (χ4n) is 1.31. The highest BCUT2D eigenvalue weighted by Gasteiger charge is 2.07. The van der Waals surface area contributed by atoms with Gasteiger partial charge in [-0.05, 0) is 40.1 Å². The molecule has 2 rings (SSSR count). The van der Waals surface area contributed by atoms with Crippen molar-refractivity contribution < 1.29 is 4.74 Å². The average Bonchev–Trinajstić information content (AvgIpc) is 2.20. The number of benzene rings is 1. The number of rotatable bonds is 1. The molecule has 0 fully saturated rings. The minimum Gasteiger partial charge on any atom is -0.495 e. The lowest BCUT2D eigenvalue weighted by Crippen LogP contribution is -1.87. The Kier molecular flexibility index (Phi) is 2.78. The molecule has 0 bridgehead atoms. The fourth-order valence-corrected chi connectivity index (χ4v) is 2.23. The summed E-state index contributed by atoms with van der Waals surface area (Å²) in [7, 11) is 1.61. The molecule has 0 saturated heterocycles. The lowest BCUT2D eigenvalue weighted by molar-refractivity contribution is 0.415. The van der Waals surface area contributed by atoms with Gasteiger partial charge in [0.2, 0.25) is 0 Å². The largest absolute Gasteiger partial charge is 0.495 e. The van der Waals surface area contributed by atoms with Crippen molar-refractivity contribution in [3.8, 4) is 5.75 Å². The second-order valence-electron chi connectivity index (χ2n) is 2.80. The van der Waals surface area contributed by atoms with Crippen molar-refractivity contribution in [2.75, 3.05) is 7.11 Å². The summed E-state index contributed by atoms with van der Waals surface area (Å²) in [6.45, 7) is 0. The Hall–Kier alpha value is -0.550. The van der Waals surface area contributed by atoms with E-state index < -0.39 is 0 Å². The summed E-state index contributed by atoms with van der Waals surface area (Å²) in [5, 5.41) is 2.65. The van der Waals surface area contributed by atoms with Crippen molar-refractivity contribution in [3.05, 3.63) is 33.1 Å². The second kappa shape index (κ2) is 3.90. The van der Waals surface area contributed by atoms with Gasteiger partial charge in [0.05, 0.1) is 12.1 Å². The highest BCUT2D eigenvalue weighted by Crippen LogP contribution is 2.33. The van der Waals surface area contributed by atoms with Crippen LogP contribution < -0.4 is 4.74 Å². The van der Waals surface area contributed by atoms with Gasteiger partial charge in [0.1, 0.15) is 5.75 Å². The molecule has 1 aromatic carbocycles. The van der Waals surface area contributed by atoms with E-state index in [0.29, 0.717) is 10.8 Å². The molecular weight excluding hydrogens is 312 g/mol. The number of halogens is 2. The van der Waals surface area contributed by atoms with Crippen LogP contribution in [-0.2, 0) is 0 Å². The maximum Gasteiger partial charge on any atom is 0.138 e. The molecule has 0 unspecified atom stereocenters. The summed E-state index contributed by atoms with van der Waals surface area (Å²) in [6.07, 6.45) is 3.56. The molecule has 4 heteroatoms. The number of methoxy groups -OCH3 is 1. The van der Waals surface area contributed by atoms with E-state index in [1.54, 1.807) is 13.3 Å². The Labute approximate surface area is 100 Å². The molecular formula is C10H7ClINO. The lowest BCUT2D eigenvalue weighted by Gasteiger charge is -2.06. The molecule has 0 amide bonds. The first-order valence-corrected chi connectivity index (χ1v) is 5.45. The Morgan fingerprint density at radius 1 is 1.29 bits per heavy atom. The number of aromatic nitrogens is 1. The Morgan fingerprint density at radius 3 is 2.79 bits per heavy atom. The zero-order valence-corrected chi connectivity index (χ0v) is 10.3. The van der Waals surface area contributed by atoms with E-state index >= 15 is 0 Å². The van der Waals surface area contributed by atoms with Crippen LogP contribution in [0, 0.1) is 3.57 Å². The van der Waals surface area contributed by atoms with Crippen LogP contribution in [0.5, 0.6) is 5.75 Å². The highest BCUT2D eigenvalue weighted by atomic mass is 127. The van der Waals surface area contributed by atoms with Gasteiger partial charge < -0.3 is 4.74 Å². The highest BCUT2D eigenvalue weighted by molar-refractivity contribution is 14.1. The third kappa shape index (κ3) is 1.54. The Morgan fingerprint density at radius 2 is 2.07 bits per heavy atom. The van der Waals surface area contributed by atoms with Gasteiger partial charge in [-0.1, -0.05) is 11.6 Å². The summed E-state index contributed by atoms with van der Waals surface area (Å²) in [4.78, 5) is 4.10. The monoisotopic (exact) mass is 319 g/mol. The summed E-state index contributed by atoms with van der Waals surface area (Å²) < 4.78 is 6.22. The minimum atomic E-state index is 0.621. The first kappa shape index (κ1) is 9.98. The topological polar surface area (TPSA) is 22.1 Å². The zero-order valence-electron chi connectivity index (χ0n) is 7.42. The van der Waals surface area contributed by atoms with E-state index in [1.807, 2.05) is 18.3 Å². The Bertz CT molecular complexity index is 487. The zero-order chi connectivity index (χ0) is 10.1. The molecule has 72 valence electrons. The van der Waals surface area contributed by atoms with E-state index in [4.69, 9.17) is 16.3 Å². The molecule has 0 N–H and O–H groups in total. The van der Waals surface area contributed by atoms with Crippen molar-refractivity contribution >= 4 is 45.0 Å². The van der Waals surface area contributed by atoms with Crippen LogP contribution in [0.25, 0.3) is 10.8 Å². The van der Waals surface area contributed by atoms with Gasteiger partial charge in [-0.2, -0.15) is 0 Å². The first-order chi connectivity index (χ1) is 6.74. The van der Waals surface area contributed by atoms with E-state index in [9.17, 15) is 0 Å². The van der Waals surface area contributed by atoms with Gasteiger partial charge in [0, 0.05) is 21.4 Å². The molecule has 0 aliphatic heterocycles. The summed E-state index contributed by atoms with van der Waals surface area (Å²) >= 11 is 8.38. The van der Waals surface area contributed by atoms with Gasteiger partial charge in [0.25, 0.3) is 0 Å². The second-order valence-corrected chi connectivity index (χ2v) is 4.34. The van der Waals surface area contributed by atoms with Crippen molar-refractivity contribution in [3.63, 3.8) is 0 Å². The number of fused-ring (bicyclic) bond motifs is 1. The molecule has 0 atom stereocenters. The molecule has 0 saturated carbocycles. The van der Waals surface area contributed by atoms with Crippen LogP contribution in [0.2, 0.25) is 5.02 Å². The normalized spacial score (nSPS) is 10.5. The van der Waals surface area contributed by atoms with Crippen molar-refractivity contribution in [2.24, 2.45) is 0 Å². The lowest BCUT2D eigenvalue weighted by atomic mass is 10.2. The predicted octanol–water partition coefficient (Wildman–Crippen LogP) is 3.50. The number of hydrogen-bond donors (Lipinski definition) is 0. The van der Waals surface area contributed by atoms with Gasteiger partial charge in [-0.25, -0.2) is 0 Å². The summed E-state index contributed by atoms with van der Waals surface area (Å²) in [5.74, 6) is 0.683. The number of pyridine rings is 1. The first-order valence-electron chi connectivity index (χ1n) is 3.99. The molecule has 1 heterocycles. The molecule has 0 aliphatic carbocycles. The quantitative estimate of drug-likeness (QED) is 0.751. The minimum absolute atomic E-state index is 0.621. The van der Waals surface area contributed by atoms with Crippen LogP contribution >= 0.6 is 34.2 Å². The molecule has 2 nitrogen and oxygen atoms in total. The number of ether oxygens (including phenoxy) is 1. The molecule has 14 heavy (non-hydrogen) atoms. The van der Waals surface area contributed by atoms with Gasteiger partial charge in [0.15, 0.2) is 0 Å². The maximum atomic E-state index is 6.15. The third-order valence-electron chi connectivity index (χ3n) is 2.01. The van der Waals surface area contributed by atoms with Crippen molar-refractivity contribution in [1.29, 1.82) is 0 Å². The van der Waals surface area contributed by atoms with Crippen molar-refractivity contribution in [1.82, 2.24) is 4.98 Å². The summed E-state index contributed by atoms with van der Waals surface area (Å²) in [6, 6.07) is 3.86. The van der Waals surface area contributed by atoms with Crippen LogP contribution in [0.15, 0.2) is 24.5 Å². The average molecular weight is 320 g/mol.